The van der Waals surface area contributed by atoms with Crippen molar-refractivity contribution in [2.24, 2.45) is 0 Å². The molecular weight excluding hydrogens is 138 g/mol. The quantitative estimate of drug-likeness (QED) is 0.550. The fourth-order valence-corrected chi connectivity index (χ4v) is 0.937. The van der Waals surface area contributed by atoms with Gasteiger partial charge in [-0.2, -0.15) is 0 Å². The topological polar surface area (TPSA) is 29.1 Å². The molecule has 1 N–H and O–H groups in total. The third-order valence-corrected chi connectivity index (χ3v) is 1.52. The van der Waals surface area contributed by atoms with E-state index in [0.717, 1.165) is 13.0 Å². The molecule has 0 aromatic heterocycles. The fraction of sp³-hybridized carbons (Fsp3) is 0.500. The molecule has 0 bridgehead atoms. The monoisotopic (exact) mass is 145 g/mol. The van der Waals surface area contributed by atoms with Crippen LogP contribution >= 0.6 is 11.6 Å². The average molecular weight is 146 g/mol. The summed E-state index contributed by atoms with van der Waals surface area (Å²) >= 11 is 5.21. The lowest BCUT2D eigenvalue weighted by molar-refractivity contribution is -0.108. The SMILES string of the molecule is O=C(Cl)C1=CCCNC1. The summed E-state index contributed by atoms with van der Waals surface area (Å²) in [5, 5.41) is 2.71. The van der Waals surface area contributed by atoms with Gasteiger partial charge in [0.1, 0.15) is 0 Å². The Morgan fingerprint density at radius 3 is 2.89 bits per heavy atom. The van der Waals surface area contributed by atoms with Crippen LogP contribution in [0.15, 0.2) is 11.6 Å². The van der Waals surface area contributed by atoms with Crippen LogP contribution < -0.4 is 5.32 Å². The standard InChI is InChI=1S/C6H8ClNO/c7-6(9)5-2-1-3-8-4-5/h2,8H,1,3-4H2. The smallest absolute Gasteiger partial charge is 0.249 e. The molecule has 1 aliphatic rings. The summed E-state index contributed by atoms with van der Waals surface area (Å²) in [6.07, 6.45) is 2.79. The molecule has 0 saturated carbocycles. The van der Waals surface area contributed by atoms with Crippen molar-refractivity contribution in [3.8, 4) is 0 Å². The van der Waals surface area contributed by atoms with E-state index < -0.39 is 0 Å². The molecule has 2 nitrogen and oxygen atoms in total. The van der Waals surface area contributed by atoms with Crippen LogP contribution in [0.2, 0.25) is 0 Å². The van der Waals surface area contributed by atoms with Crippen molar-refractivity contribution >= 4 is 16.8 Å². The maximum absolute atomic E-state index is 10.5. The predicted molar refractivity (Wildman–Crippen MR) is 36.4 cm³/mol. The van der Waals surface area contributed by atoms with Gasteiger partial charge >= 0.3 is 0 Å². The number of carbonyl (C=O) groups is 1. The van der Waals surface area contributed by atoms with Crippen LogP contribution in [0.3, 0.4) is 0 Å². The van der Waals surface area contributed by atoms with Gasteiger partial charge in [0.2, 0.25) is 5.24 Å². The highest BCUT2D eigenvalue weighted by molar-refractivity contribution is 6.67. The van der Waals surface area contributed by atoms with Crippen LogP contribution in [-0.2, 0) is 4.79 Å². The highest BCUT2D eigenvalue weighted by atomic mass is 35.5. The molecule has 0 spiro atoms. The highest BCUT2D eigenvalue weighted by Gasteiger charge is 2.07. The molecule has 0 saturated heterocycles. The van der Waals surface area contributed by atoms with E-state index in [1.54, 1.807) is 0 Å². The first-order valence-corrected chi connectivity index (χ1v) is 3.28. The zero-order valence-corrected chi connectivity index (χ0v) is 5.74. The summed E-state index contributed by atoms with van der Waals surface area (Å²) in [6, 6.07) is 0. The van der Waals surface area contributed by atoms with Crippen molar-refractivity contribution in [3.05, 3.63) is 11.6 Å². The molecule has 1 heterocycles. The van der Waals surface area contributed by atoms with Gasteiger partial charge in [0, 0.05) is 12.1 Å². The van der Waals surface area contributed by atoms with E-state index in [2.05, 4.69) is 5.32 Å². The van der Waals surface area contributed by atoms with E-state index in [9.17, 15) is 4.79 Å². The molecule has 0 radical (unpaired) electrons. The first kappa shape index (κ1) is 6.78. The van der Waals surface area contributed by atoms with E-state index >= 15 is 0 Å². The number of hydrogen-bond acceptors (Lipinski definition) is 2. The normalized spacial score (nSPS) is 19.0. The van der Waals surface area contributed by atoms with Gasteiger partial charge in [-0.25, -0.2) is 0 Å². The third-order valence-electron chi connectivity index (χ3n) is 1.28. The Morgan fingerprint density at radius 2 is 2.56 bits per heavy atom. The number of nitrogens with one attached hydrogen (secondary N) is 1. The zero-order valence-electron chi connectivity index (χ0n) is 4.98. The van der Waals surface area contributed by atoms with Crippen LogP contribution in [0.1, 0.15) is 6.42 Å². The van der Waals surface area contributed by atoms with Gasteiger partial charge in [-0.15, -0.1) is 0 Å². The second-order valence-corrected chi connectivity index (χ2v) is 2.31. The van der Waals surface area contributed by atoms with Crippen molar-refractivity contribution in [2.45, 2.75) is 6.42 Å². The Balaban J connectivity index is 2.57. The Hall–Kier alpha value is -0.340. The summed E-state index contributed by atoms with van der Waals surface area (Å²) < 4.78 is 0. The zero-order chi connectivity index (χ0) is 6.69. The largest absolute Gasteiger partial charge is 0.312 e. The lowest BCUT2D eigenvalue weighted by atomic mass is 10.2. The van der Waals surface area contributed by atoms with Gasteiger partial charge in [-0.3, -0.25) is 4.79 Å². The van der Waals surface area contributed by atoms with Crippen LogP contribution in [0.5, 0.6) is 0 Å². The Bertz CT molecular complexity index is 153. The molecule has 0 atom stereocenters. The van der Waals surface area contributed by atoms with Crippen molar-refractivity contribution in [1.29, 1.82) is 0 Å². The second kappa shape index (κ2) is 2.99. The molecule has 0 aliphatic carbocycles. The fourth-order valence-electron chi connectivity index (χ4n) is 0.793. The van der Waals surface area contributed by atoms with Gasteiger partial charge in [0.25, 0.3) is 0 Å². The van der Waals surface area contributed by atoms with E-state index in [1.807, 2.05) is 6.08 Å². The van der Waals surface area contributed by atoms with Gasteiger partial charge in [-0.1, -0.05) is 6.08 Å². The van der Waals surface area contributed by atoms with Crippen molar-refractivity contribution in [1.82, 2.24) is 5.32 Å². The molecular formula is C6H8ClNO. The molecule has 0 fully saturated rings. The van der Waals surface area contributed by atoms with E-state index in [0.29, 0.717) is 12.1 Å². The summed E-state index contributed by atoms with van der Waals surface area (Å²) in [5.41, 5.74) is 0.697. The number of hydrogen-bond donors (Lipinski definition) is 1. The summed E-state index contributed by atoms with van der Waals surface area (Å²) in [7, 11) is 0. The van der Waals surface area contributed by atoms with Crippen molar-refractivity contribution in [2.75, 3.05) is 13.1 Å². The first-order valence-electron chi connectivity index (χ1n) is 2.90. The maximum atomic E-state index is 10.5. The Kier molecular flexibility index (Phi) is 2.25. The molecule has 3 heteroatoms. The Labute approximate surface area is 58.9 Å². The minimum absolute atomic E-state index is 0.331. The van der Waals surface area contributed by atoms with Crippen molar-refractivity contribution in [3.63, 3.8) is 0 Å². The molecule has 50 valence electrons. The third kappa shape index (κ3) is 1.80. The van der Waals surface area contributed by atoms with E-state index in [-0.39, 0.29) is 5.24 Å². The second-order valence-electron chi connectivity index (χ2n) is 1.97. The summed E-state index contributed by atoms with van der Waals surface area (Å²) in [6.45, 7) is 1.58. The van der Waals surface area contributed by atoms with Crippen molar-refractivity contribution < 1.29 is 4.79 Å². The van der Waals surface area contributed by atoms with E-state index in [1.165, 1.54) is 0 Å². The number of carbonyl (C=O) groups excluding carboxylic acids is 1. The summed E-state index contributed by atoms with van der Waals surface area (Å²) in [5.74, 6) is 0. The summed E-state index contributed by atoms with van der Waals surface area (Å²) in [4.78, 5) is 10.5. The minimum atomic E-state index is -0.331. The lowest BCUT2D eigenvalue weighted by Crippen LogP contribution is -2.24. The first-order chi connectivity index (χ1) is 4.30. The predicted octanol–water partition coefficient (Wildman–Crippen LogP) is 0.671. The Morgan fingerprint density at radius 1 is 1.78 bits per heavy atom. The molecule has 0 unspecified atom stereocenters. The molecule has 1 aliphatic heterocycles. The van der Waals surface area contributed by atoms with Crippen LogP contribution in [0.4, 0.5) is 0 Å². The van der Waals surface area contributed by atoms with Gasteiger partial charge in [0.05, 0.1) is 0 Å². The molecule has 9 heavy (non-hydrogen) atoms. The molecule has 0 aromatic rings. The molecule has 0 amide bonds. The van der Waals surface area contributed by atoms with Crippen LogP contribution in [-0.4, -0.2) is 18.3 Å². The van der Waals surface area contributed by atoms with Crippen LogP contribution in [0, 0.1) is 0 Å². The van der Waals surface area contributed by atoms with Crippen LogP contribution in [0.25, 0.3) is 0 Å². The minimum Gasteiger partial charge on any atom is -0.312 e. The highest BCUT2D eigenvalue weighted by Crippen LogP contribution is 2.03. The number of rotatable bonds is 1. The van der Waals surface area contributed by atoms with Gasteiger partial charge < -0.3 is 5.32 Å². The van der Waals surface area contributed by atoms with Gasteiger partial charge in [0.15, 0.2) is 0 Å². The molecule has 1 rings (SSSR count). The number of halogens is 1. The van der Waals surface area contributed by atoms with E-state index in [4.69, 9.17) is 11.6 Å². The average Bonchev–Trinajstić information content (AvgIpc) is 1.90. The maximum Gasteiger partial charge on any atom is 0.249 e. The van der Waals surface area contributed by atoms with Gasteiger partial charge in [-0.05, 0) is 24.6 Å². The molecule has 0 aromatic carbocycles. The lowest BCUT2D eigenvalue weighted by Gasteiger charge is -2.09.